The second-order valence-electron chi connectivity index (χ2n) is 3.92. The Labute approximate surface area is 110 Å². The molecule has 1 unspecified atom stereocenters. The summed E-state index contributed by atoms with van der Waals surface area (Å²) < 4.78 is 0. The van der Waals surface area contributed by atoms with Gasteiger partial charge in [-0.05, 0) is 28.7 Å². The van der Waals surface area contributed by atoms with Crippen molar-refractivity contribution < 1.29 is 5.11 Å². The maximum absolute atomic E-state index is 10.1. The van der Waals surface area contributed by atoms with Gasteiger partial charge in [-0.15, -0.1) is 22.0 Å². The number of hydrogen-bond donors (Lipinski definition) is 1. The molecular formula is C12H16N4OS. The third kappa shape index (κ3) is 3.30. The van der Waals surface area contributed by atoms with Crippen LogP contribution in [0.1, 0.15) is 24.4 Å². The third-order valence-electron chi connectivity index (χ3n) is 2.50. The summed E-state index contributed by atoms with van der Waals surface area (Å²) in [5.74, 6) is 1.60. The molecule has 1 N–H and O–H groups in total. The zero-order valence-electron chi connectivity index (χ0n) is 10.4. The lowest BCUT2D eigenvalue weighted by Crippen LogP contribution is -2.03. The summed E-state index contributed by atoms with van der Waals surface area (Å²) in [5, 5.41) is 21.7. The summed E-state index contributed by atoms with van der Waals surface area (Å²) in [6.45, 7) is 2.12. The SMILES string of the molecule is CCSc1ccc(C(O)Cc2nnn(C)n2)cc1. The molecule has 96 valence electrons. The molecule has 0 saturated heterocycles. The van der Waals surface area contributed by atoms with E-state index in [2.05, 4.69) is 22.3 Å². The number of aliphatic hydroxyl groups is 1. The van der Waals surface area contributed by atoms with Crippen LogP contribution in [-0.4, -0.2) is 31.1 Å². The van der Waals surface area contributed by atoms with Crippen molar-refractivity contribution in [3.05, 3.63) is 35.7 Å². The van der Waals surface area contributed by atoms with Gasteiger partial charge in [-0.2, -0.15) is 4.80 Å². The first-order chi connectivity index (χ1) is 8.69. The summed E-state index contributed by atoms with van der Waals surface area (Å²) in [6, 6.07) is 7.94. The van der Waals surface area contributed by atoms with Crippen molar-refractivity contribution in [1.82, 2.24) is 20.2 Å². The average Bonchev–Trinajstić information content (AvgIpc) is 2.76. The zero-order chi connectivity index (χ0) is 13.0. The molecule has 0 saturated carbocycles. The third-order valence-corrected chi connectivity index (χ3v) is 3.40. The molecule has 1 atom stereocenters. The Morgan fingerprint density at radius 1 is 1.33 bits per heavy atom. The quantitative estimate of drug-likeness (QED) is 0.831. The minimum absolute atomic E-state index is 0.383. The first-order valence-electron chi connectivity index (χ1n) is 5.82. The molecule has 0 aliphatic rings. The molecule has 1 aromatic heterocycles. The highest BCUT2D eigenvalue weighted by molar-refractivity contribution is 7.99. The zero-order valence-corrected chi connectivity index (χ0v) is 11.3. The van der Waals surface area contributed by atoms with E-state index >= 15 is 0 Å². The minimum atomic E-state index is -0.588. The number of aromatic nitrogens is 4. The Morgan fingerprint density at radius 3 is 2.61 bits per heavy atom. The van der Waals surface area contributed by atoms with Gasteiger partial charge in [0.05, 0.1) is 13.2 Å². The molecule has 18 heavy (non-hydrogen) atoms. The molecule has 0 bridgehead atoms. The van der Waals surface area contributed by atoms with Crippen LogP contribution >= 0.6 is 11.8 Å². The number of nitrogens with zero attached hydrogens (tertiary/aromatic N) is 4. The molecule has 2 rings (SSSR count). The van der Waals surface area contributed by atoms with E-state index in [1.807, 2.05) is 24.3 Å². The molecular weight excluding hydrogens is 248 g/mol. The first-order valence-corrected chi connectivity index (χ1v) is 6.81. The minimum Gasteiger partial charge on any atom is -0.388 e. The molecule has 0 fully saturated rings. The number of rotatable bonds is 5. The molecule has 0 amide bonds. The number of hydrogen-bond acceptors (Lipinski definition) is 5. The van der Waals surface area contributed by atoms with Crippen LogP contribution in [-0.2, 0) is 13.5 Å². The fourth-order valence-electron chi connectivity index (χ4n) is 1.65. The normalized spacial score (nSPS) is 12.6. The van der Waals surface area contributed by atoms with Gasteiger partial charge in [0.15, 0.2) is 5.82 Å². The number of thioether (sulfide) groups is 1. The Kier molecular flexibility index (Phi) is 4.33. The number of aliphatic hydroxyl groups excluding tert-OH is 1. The van der Waals surface area contributed by atoms with Gasteiger partial charge in [0.25, 0.3) is 0 Å². The predicted molar refractivity (Wildman–Crippen MR) is 70.3 cm³/mol. The van der Waals surface area contributed by atoms with E-state index in [0.29, 0.717) is 12.2 Å². The van der Waals surface area contributed by atoms with Gasteiger partial charge in [-0.25, -0.2) is 0 Å². The van der Waals surface area contributed by atoms with Crippen molar-refractivity contribution in [3.63, 3.8) is 0 Å². The summed E-state index contributed by atoms with van der Waals surface area (Å²) in [5.41, 5.74) is 0.878. The van der Waals surface area contributed by atoms with Crippen LogP contribution < -0.4 is 0 Å². The molecule has 0 aliphatic heterocycles. The van der Waals surface area contributed by atoms with E-state index in [1.54, 1.807) is 18.8 Å². The highest BCUT2D eigenvalue weighted by atomic mass is 32.2. The topological polar surface area (TPSA) is 63.8 Å². The van der Waals surface area contributed by atoms with Gasteiger partial charge >= 0.3 is 0 Å². The van der Waals surface area contributed by atoms with E-state index < -0.39 is 6.10 Å². The van der Waals surface area contributed by atoms with E-state index in [0.717, 1.165) is 11.3 Å². The molecule has 6 heteroatoms. The fraction of sp³-hybridized carbons (Fsp3) is 0.417. The van der Waals surface area contributed by atoms with E-state index in [1.165, 1.54) is 9.69 Å². The smallest absolute Gasteiger partial charge is 0.177 e. The van der Waals surface area contributed by atoms with Gasteiger partial charge in [0.1, 0.15) is 0 Å². The summed E-state index contributed by atoms with van der Waals surface area (Å²) in [6.07, 6.45) is -0.205. The van der Waals surface area contributed by atoms with Crippen LogP contribution in [0.4, 0.5) is 0 Å². The molecule has 2 aromatic rings. The highest BCUT2D eigenvalue weighted by Crippen LogP contribution is 2.22. The second kappa shape index (κ2) is 5.97. The van der Waals surface area contributed by atoms with Crippen LogP contribution in [0.3, 0.4) is 0 Å². The molecule has 5 nitrogen and oxygen atoms in total. The van der Waals surface area contributed by atoms with Crippen LogP contribution in [0.25, 0.3) is 0 Å². The maximum Gasteiger partial charge on any atom is 0.177 e. The van der Waals surface area contributed by atoms with Crippen LogP contribution in [0, 0.1) is 0 Å². The Morgan fingerprint density at radius 2 is 2.06 bits per heavy atom. The Hall–Kier alpha value is -1.40. The Balaban J connectivity index is 2.02. The van der Waals surface area contributed by atoms with Gasteiger partial charge in [-0.3, -0.25) is 0 Å². The van der Waals surface area contributed by atoms with E-state index in [4.69, 9.17) is 0 Å². The average molecular weight is 264 g/mol. The number of tetrazole rings is 1. The lowest BCUT2D eigenvalue weighted by atomic mass is 10.1. The first kappa shape index (κ1) is 13.0. The van der Waals surface area contributed by atoms with Crippen molar-refractivity contribution >= 4 is 11.8 Å². The standard InChI is InChI=1S/C12H16N4OS/c1-3-18-10-6-4-9(5-7-10)11(17)8-12-13-15-16(2)14-12/h4-7,11,17H,3,8H2,1-2H3. The van der Waals surface area contributed by atoms with E-state index in [-0.39, 0.29) is 0 Å². The monoisotopic (exact) mass is 264 g/mol. The summed E-state index contributed by atoms with van der Waals surface area (Å²) in [4.78, 5) is 2.61. The molecule has 1 heterocycles. The van der Waals surface area contributed by atoms with E-state index in [9.17, 15) is 5.11 Å². The molecule has 1 aromatic carbocycles. The van der Waals surface area contributed by atoms with Crippen LogP contribution in [0.2, 0.25) is 0 Å². The lowest BCUT2D eigenvalue weighted by molar-refractivity contribution is 0.175. The molecule has 0 spiro atoms. The van der Waals surface area contributed by atoms with Crippen molar-refractivity contribution in [2.24, 2.45) is 7.05 Å². The molecule has 0 radical (unpaired) electrons. The largest absolute Gasteiger partial charge is 0.388 e. The fourth-order valence-corrected chi connectivity index (χ4v) is 2.31. The van der Waals surface area contributed by atoms with Gasteiger partial charge in [-0.1, -0.05) is 19.1 Å². The summed E-state index contributed by atoms with van der Waals surface area (Å²) in [7, 11) is 1.71. The highest BCUT2D eigenvalue weighted by Gasteiger charge is 2.12. The number of benzene rings is 1. The van der Waals surface area contributed by atoms with Crippen molar-refractivity contribution in [2.75, 3.05) is 5.75 Å². The summed E-state index contributed by atoms with van der Waals surface area (Å²) >= 11 is 1.78. The van der Waals surface area contributed by atoms with Crippen LogP contribution in [0.15, 0.2) is 29.2 Å². The molecule has 0 aliphatic carbocycles. The van der Waals surface area contributed by atoms with Crippen LogP contribution in [0.5, 0.6) is 0 Å². The lowest BCUT2D eigenvalue weighted by Gasteiger charge is -2.09. The maximum atomic E-state index is 10.1. The van der Waals surface area contributed by atoms with Crippen molar-refractivity contribution in [2.45, 2.75) is 24.3 Å². The van der Waals surface area contributed by atoms with Gasteiger partial charge in [0.2, 0.25) is 0 Å². The van der Waals surface area contributed by atoms with Crippen molar-refractivity contribution in [3.8, 4) is 0 Å². The number of aryl methyl sites for hydroxylation is 1. The Bertz CT molecular complexity index is 497. The van der Waals surface area contributed by atoms with Gasteiger partial charge < -0.3 is 5.11 Å². The predicted octanol–water partition coefficient (Wildman–Crippen LogP) is 1.60. The second-order valence-corrected chi connectivity index (χ2v) is 5.25. The van der Waals surface area contributed by atoms with Crippen molar-refractivity contribution in [1.29, 1.82) is 0 Å². The van der Waals surface area contributed by atoms with Gasteiger partial charge in [0, 0.05) is 11.3 Å².